The van der Waals surface area contributed by atoms with Crippen LogP contribution in [0.15, 0.2) is 28.7 Å². The van der Waals surface area contributed by atoms with Gasteiger partial charge in [0.2, 0.25) is 0 Å². The Morgan fingerprint density at radius 1 is 1.39 bits per heavy atom. The second-order valence-electron chi connectivity index (χ2n) is 3.76. The van der Waals surface area contributed by atoms with Gasteiger partial charge in [0.1, 0.15) is 5.75 Å². The lowest BCUT2D eigenvalue weighted by Crippen LogP contribution is -2.11. The van der Waals surface area contributed by atoms with E-state index in [4.69, 9.17) is 4.74 Å². The van der Waals surface area contributed by atoms with Crippen LogP contribution in [0.4, 0.5) is 0 Å². The monoisotopic (exact) mass is 332 g/mol. The molecule has 1 aromatic carbocycles. The molecular formula is C13H17BrO3S. The van der Waals surface area contributed by atoms with Gasteiger partial charge >= 0.3 is 5.97 Å². The predicted molar refractivity (Wildman–Crippen MR) is 78.2 cm³/mol. The highest BCUT2D eigenvalue weighted by atomic mass is 79.9. The molecule has 0 fully saturated rings. The lowest BCUT2D eigenvalue weighted by molar-refractivity contribution is -0.140. The van der Waals surface area contributed by atoms with Gasteiger partial charge in [-0.3, -0.25) is 4.79 Å². The van der Waals surface area contributed by atoms with E-state index in [0.717, 1.165) is 16.0 Å². The quantitative estimate of drug-likeness (QED) is 0.565. The topological polar surface area (TPSA) is 35.5 Å². The second kappa shape index (κ2) is 8.43. The van der Waals surface area contributed by atoms with Crippen LogP contribution in [0.5, 0.6) is 5.75 Å². The molecule has 0 spiro atoms. The van der Waals surface area contributed by atoms with Crippen LogP contribution in [-0.4, -0.2) is 30.7 Å². The first-order valence-corrected chi connectivity index (χ1v) is 7.52. The summed E-state index contributed by atoms with van der Waals surface area (Å²) in [6.07, 6.45) is 0.444. The van der Waals surface area contributed by atoms with E-state index >= 15 is 0 Å². The number of hydrogen-bond donors (Lipinski definition) is 0. The Labute approximate surface area is 120 Å². The van der Waals surface area contributed by atoms with Gasteiger partial charge in [-0.1, -0.05) is 22.9 Å². The zero-order valence-corrected chi connectivity index (χ0v) is 12.9. The summed E-state index contributed by atoms with van der Waals surface area (Å²) in [4.78, 5) is 11.0. The average Bonchev–Trinajstić information content (AvgIpc) is 2.36. The molecule has 0 heterocycles. The molecule has 0 aromatic heterocycles. The maximum Gasteiger partial charge on any atom is 0.306 e. The standard InChI is InChI=1S/C13H17BrO3S/c1-10(9-13(15)16-2)18-8-7-17-12-5-3-11(14)4-6-12/h3-6,10H,7-9H2,1-2H3. The van der Waals surface area contributed by atoms with Gasteiger partial charge in [0.05, 0.1) is 20.1 Å². The number of halogens is 1. The molecule has 1 unspecified atom stereocenters. The maximum absolute atomic E-state index is 11.0. The van der Waals surface area contributed by atoms with Gasteiger partial charge in [-0.15, -0.1) is 0 Å². The number of hydrogen-bond acceptors (Lipinski definition) is 4. The Morgan fingerprint density at radius 3 is 2.67 bits per heavy atom. The molecule has 5 heteroatoms. The molecule has 1 rings (SSSR count). The third kappa shape index (κ3) is 6.31. The van der Waals surface area contributed by atoms with Gasteiger partial charge in [0.15, 0.2) is 0 Å². The summed E-state index contributed by atoms with van der Waals surface area (Å²) in [7, 11) is 1.41. The highest BCUT2D eigenvalue weighted by Gasteiger charge is 2.09. The average molecular weight is 333 g/mol. The zero-order valence-electron chi connectivity index (χ0n) is 10.5. The smallest absolute Gasteiger partial charge is 0.306 e. The first-order valence-electron chi connectivity index (χ1n) is 5.68. The molecule has 0 saturated heterocycles. The van der Waals surface area contributed by atoms with Gasteiger partial charge in [-0.05, 0) is 24.3 Å². The fraction of sp³-hybridized carbons (Fsp3) is 0.462. The van der Waals surface area contributed by atoms with Gasteiger partial charge in [0.25, 0.3) is 0 Å². The molecule has 0 saturated carbocycles. The second-order valence-corrected chi connectivity index (χ2v) is 6.23. The first-order chi connectivity index (χ1) is 8.61. The van der Waals surface area contributed by atoms with E-state index in [-0.39, 0.29) is 11.2 Å². The third-order valence-corrected chi connectivity index (χ3v) is 3.92. The third-order valence-electron chi connectivity index (χ3n) is 2.25. The Kier molecular flexibility index (Phi) is 7.20. The van der Waals surface area contributed by atoms with E-state index in [0.29, 0.717) is 13.0 Å². The Morgan fingerprint density at radius 2 is 2.06 bits per heavy atom. The van der Waals surface area contributed by atoms with Crippen LogP contribution >= 0.6 is 27.7 Å². The SMILES string of the molecule is COC(=O)CC(C)SCCOc1ccc(Br)cc1. The number of carbonyl (C=O) groups is 1. The van der Waals surface area contributed by atoms with Crippen molar-refractivity contribution in [2.45, 2.75) is 18.6 Å². The van der Waals surface area contributed by atoms with Crippen molar-refractivity contribution in [1.29, 1.82) is 0 Å². The molecule has 0 aliphatic heterocycles. The number of rotatable bonds is 7. The summed E-state index contributed by atoms with van der Waals surface area (Å²) >= 11 is 5.08. The van der Waals surface area contributed by atoms with Crippen molar-refractivity contribution in [3.8, 4) is 5.75 Å². The summed E-state index contributed by atoms with van der Waals surface area (Å²) in [6, 6.07) is 7.74. The van der Waals surface area contributed by atoms with Crippen molar-refractivity contribution in [2.75, 3.05) is 19.5 Å². The van der Waals surface area contributed by atoms with Crippen LogP contribution in [0.25, 0.3) is 0 Å². The number of methoxy groups -OCH3 is 1. The summed E-state index contributed by atoms with van der Waals surface area (Å²) in [5, 5.41) is 0.256. The Balaban J connectivity index is 2.14. The fourth-order valence-corrected chi connectivity index (χ4v) is 2.42. The van der Waals surface area contributed by atoms with E-state index < -0.39 is 0 Å². The molecule has 1 atom stereocenters. The Hall–Kier alpha value is -0.680. The fourth-order valence-electron chi connectivity index (χ4n) is 1.32. The molecule has 0 bridgehead atoms. The number of ether oxygens (including phenoxy) is 2. The lowest BCUT2D eigenvalue weighted by Gasteiger charge is -2.10. The maximum atomic E-state index is 11.0. The van der Waals surface area contributed by atoms with Crippen molar-refractivity contribution < 1.29 is 14.3 Å². The molecule has 100 valence electrons. The summed E-state index contributed by atoms with van der Waals surface area (Å²) < 4.78 is 11.2. The van der Waals surface area contributed by atoms with E-state index in [1.54, 1.807) is 11.8 Å². The zero-order chi connectivity index (χ0) is 13.4. The van der Waals surface area contributed by atoms with Crippen molar-refractivity contribution in [3.63, 3.8) is 0 Å². The predicted octanol–water partition coefficient (Wildman–Crippen LogP) is 3.51. The van der Waals surface area contributed by atoms with E-state index in [9.17, 15) is 4.79 Å². The largest absolute Gasteiger partial charge is 0.493 e. The highest BCUT2D eigenvalue weighted by molar-refractivity contribution is 9.10. The van der Waals surface area contributed by atoms with E-state index in [1.807, 2.05) is 31.2 Å². The molecule has 0 amide bonds. The van der Waals surface area contributed by atoms with Gasteiger partial charge < -0.3 is 9.47 Å². The minimum absolute atomic E-state index is 0.163. The van der Waals surface area contributed by atoms with Crippen molar-refractivity contribution >= 4 is 33.7 Å². The minimum Gasteiger partial charge on any atom is -0.493 e. The molecule has 0 N–H and O–H groups in total. The van der Waals surface area contributed by atoms with E-state index in [1.165, 1.54) is 7.11 Å². The van der Waals surface area contributed by atoms with Crippen LogP contribution in [0.3, 0.4) is 0 Å². The van der Waals surface area contributed by atoms with Crippen molar-refractivity contribution in [2.24, 2.45) is 0 Å². The van der Waals surface area contributed by atoms with Crippen LogP contribution in [0.1, 0.15) is 13.3 Å². The lowest BCUT2D eigenvalue weighted by atomic mass is 10.3. The number of esters is 1. The van der Waals surface area contributed by atoms with Crippen LogP contribution in [-0.2, 0) is 9.53 Å². The molecule has 0 aliphatic rings. The normalized spacial score (nSPS) is 11.9. The summed E-state index contributed by atoms with van der Waals surface area (Å²) in [5.41, 5.74) is 0. The van der Waals surface area contributed by atoms with Crippen molar-refractivity contribution in [1.82, 2.24) is 0 Å². The molecular weight excluding hydrogens is 316 g/mol. The number of thioether (sulfide) groups is 1. The molecule has 18 heavy (non-hydrogen) atoms. The molecule has 0 radical (unpaired) electrons. The minimum atomic E-state index is -0.163. The number of benzene rings is 1. The molecule has 0 aliphatic carbocycles. The molecule has 1 aromatic rings. The first kappa shape index (κ1) is 15.4. The number of carbonyl (C=O) groups excluding carboxylic acids is 1. The highest BCUT2D eigenvalue weighted by Crippen LogP contribution is 2.18. The van der Waals surface area contributed by atoms with Crippen LogP contribution < -0.4 is 4.74 Å². The van der Waals surface area contributed by atoms with Gasteiger partial charge in [-0.25, -0.2) is 0 Å². The summed E-state index contributed by atoms with van der Waals surface area (Å²) in [6.45, 7) is 2.65. The van der Waals surface area contributed by atoms with Gasteiger partial charge in [-0.2, -0.15) is 11.8 Å². The molecule has 3 nitrogen and oxygen atoms in total. The Bertz CT molecular complexity index is 367. The van der Waals surface area contributed by atoms with E-state index in [2.05, 4.69) is 20.7 Å². The van der Waals surface area contributed by atoms with Crippen LogP contribution in [0, 0.1) is 0 Å². The van der Waals surface area contributed by atoms with Gasteiger partial charge in [0, 0.05) is 15.5 Å². The van der Waals surface area contributed by atoms with Crippen LogP contribution in [0.2, 0.25) is 0 Å². The van der Waals surface area contributed by atoms with Crippen molar-refractivity contribution in [3.05, 3.63) is 28.7 Å². The summed E-state index contributed by atoms with van der Waals surface area (Å²) in [5.74, 6) is 1.55.